The second kappa shape index (κ2) is 7.84. The minimum atomic E-state index is -0.611. The smallest absolute Gasteiger partial charge is 0.265 e. The molecule has 3 amide bonds. The maximum absolute atomic E-state index is 12.6. The minimum absolute atomic E-state index is 0.239. The standard InChI is InChI=1S/C20H17N3O3S/c1-12-5-2-8-15(17(12)18(21)24)23-19(25)13-6-3-7-14(11-13)22-20(26)16-9-4-10-27-16/h2-11H,1H3,(H2,21,24)(H,22,26)(H,23,25). The molecule has 0 spiro atoms. The lowest BCUT2D eigenvalue weighted by atomic mass is 10.1. The maximum Gasteiger partial charge on any atom is 0.265 e. The van der Waals surface area contributed by atoms with Gasteiger partial charge >= 0.3 is 0 Å². The van der Waals surface area contributed by atoms with Crippen LogP contribution in [0.25, 0.3) is 0 Å². The van der Waals surface area contributed by atoms with Gasteiger partial charge in [0.05, 0.1) is 16.1 Å². The van der Waals surface area contributed by atoms with E-state index in [0.29, 0.717) is 27.4 Å². The molecule has 0 unspecified atom stereocenters. The van der Waals surface area contributed by atoms with Crippen LogP contribution in [0.2, 0.25) is 0 Å². The van der Waals surface area contributed by atoms with E-state index in [4.69, 9.17) is 5.73 Å². The van der Waals surface area contributed by atoms with Gasteiger partial charge in [-0.1, -0.05) is 24.3 Å². The maximum atomic E-state index is 12.6. The highest BCUT2D eigenvalue weighted by Crippen LogP contribution is 2.21. The van der Waals surface area contributed by atoms with Crippen molar-refractivity contribution in [2.45, 2.75) is 6.92 Å². The molecule has 0 saturated heterocycles. The quantitative estimate of drug-likeness (QED) is 0.630. The second-order valence-corrected chi connectivity index (χ2v) is 6.78. The summed E-state index contributed by atoms with van der Waals surface area (Å²) in [5, 5.41) is 7.28. The first-order valence-electron chi connectivity index (χ1n) is 8.11. The molecule has 0 aliphatic carbocycles. The Balaban J connectivity index is 1.79. The van der Waals surface area contributed by atoms with Crippen molar-refractivity contribution >= 4 is 40.4 Å². The van der Waals surface area contributed by atoms with Gasteiger partial charge in [-0.05, 0) is 48.2 Å². The van der Waals surface area contributed by atoms with E-state index < -0.39 is 11.8 Å². The van der Waals surface area contributed by atoms with Gasteiger partial charge in [0, 0.05) is 11.3 Å². The summed E-state index contributed by atoms with van der Waals surface area (Å²) >= 11 is 1.33. The molecule has 0 aliphatic rings. The molecule has 0 fully saturated rings. The zero-order chi connectivity index (χ0) is 19.4. The average molecular weight is 379 g/mol. The Kier molecular flexibility index (Phi) is 5.33. The van der Waals surface area contributed by atoms with Gasteiger partial charge in [-0.3, -0.25) is 14.4 Å². The lowest BCUT2D eigenvalue weighted by molar-refractivity contribution is 0.0997. The van der Waals surface area contributed by atoms with Crippen molar-refractivity contribution in [1.82, 2.24) is 0 Å². The largest absolute Gasteiger partial charge is 0.366 e. The summed E-state index contributed by atoms with van der Waals surface area (Å²) in [5.41, 5.74) is 7.56. The molecule has 3 rings (SSSR count). The Morgan fingerprint density at radius 1 is 0.926 bits per heavy atom. The van der Waals surface area contributed by atoms with E-state index in [1.807, 2.05) is 5.38 Å². The highest BCUT2D eigenvalue weighted by Gasteiger charge is 2.15. The van der Waals surface area contributed by atoms with Crippen LogP contribution in [0.1, 0.15) is 36.0 Å². The van der Waals surface area contributed by atoms with Crippen molar-refractivity contribution in [3.05, 3.63) is 81.5 Å². The van der Waals surface area contributed by atoms with Crippen molar-refractivity contribution in [1.29, 1.82) is 0 Å². The summed E-state index contributed by atoms with van der Waals surface area (Å²) < 4.78 is 0. The van der Waals surface area contributed by atoms with E-state index in [-0.39, 0.29) is 11.5 Å². The third-order valence-corrected chi connectivity index (χ3v) is 4.76. The van der Waals surface area contributed by atoms with Crippen molar-refractivity contribution in [2.75, 3.05) is 10.6 Å². The van der Waals surface area contributed by atoms with E-state index in [0.717, 1.165) is 0 Å². The molecule has 7 heteroatoms. The number of carbonyl (C=O) groups excluding carboxylic acids is 3. The molecule has 6 nitrogen and oxygen atoms in total. The molecular weight excluding hydrogens is 362 g/mol. The number of thiophene rings is 1. The normalized spacial score (nSPS) is 10.3. The fourth-order valence-corrected chi connectivity index (χ4v) is 3.25. The van der Waals surface area contributed by atoms with Crippen LogP contribution in [0.15, 0.2) is 60.0 Å². The highest BCUT2D eigenvalue weighted by atomic mass is 32.1. The number of hydrogen-bond acceptors (Lipinski definition) is 4. The zero-order valence-corrected chi connectivity index (χ0v) is 15.3. The number of carbonyl (C=O) groups is 3. The van der Waals surface area contributed by atoms with Crippen molar-refractivity contribution in [2.24, 2.45) is 5.73 Å². The summed E-state index contributed by atoms with van der Waals surface area (Å²) in [6, 6.07) is 15.2. The fourth-order valence-electron chi connectivity index (χ4n) is 2.63. The van der Waals surface area contributed by atoms with Gasteiger partial charge < -0.3 is 16.4 Å². The molecule has 1 aromatic heterocycles. The highest BCUT2D eigenvalue weighted by molar-refractivity contribution is 7.12. The number of benzene rings is 2. The van der Waals surface area contributed by atoms with E-state index in [1.165, 1.54) is 11.3 Å². The molecular formula is C20H17N3O3S. The van der Waals surface area contributed by atoms with Crippen molar-refractivity contribution in [3.63, 3.8) is 0 Å². The number of hydrogen-bond donors (Lipinski definition) is 3. The third kappa shape index (κ3) is 4.21. The molecule has 1 heterocycles. The Labute approximate surface area is 160 Å². The van der Waals surface area contributed by atoms with Crippen LogP contribution >= 0.6 is 11.3 Å². The first-order valence-corrected chi connectivity index (χ1v) is 8.99. The van der Waals surface area contributed by atoms with Crippen LogP contribution in [0.5, 0.6) is 0 Å². The minimum Gasteiger partial charge on any atom is -0.366 e. The zero-order valence-electron chi connectivity index (χ0n) is 14.5. The molecule has 0 saturated carbocycles. The predicted octanol–water partition coefficient (Wildman–Crippen LogP) is 3.66. The Morgan fingerprint density at radius 3 is 2.41 bits per heavy atom. The number of nitrogens with two attached hydrogens (primary N) is 1. The van der Waals surface area contributed by atoms with Gasteiger partial charge in [0.15, 0.2) is 0 Å². The van der Waals surface area contributed by atoms with E-state index in [1.54, 1.807) is 61.5 Å². The van der Waals surface area contributed by atoms with Crippen LogP contribution in [-0.4, -0.2) is 17.7 Å². The number of rotatable bonds is 5. The monoisotopic (exact) mass is 379 g/mol. The van der Waals surface area contributed by atoms with E-state index >= 15 is 0 Å². The number of anilines is 2. The van der Waals surface area contributed by atoms with Crippen molar-refractivity contribution < 1.29 is 14.4 Å². The molecule has 0 aliphatic heterocycles. The predicted molar refractivity (Wildman–Crippen MR) is 106 cm³/mol. The number of nitrogens with one attached hydrogen (secondary N) is 2. The number of amides is 3. The molecule has 0 atom stereocenters. The molecule has 136 valence electrons. The van der Waals surface area contributed by atoms with Gasteiger partial charge in [0.25, 0.3) is 17.7 Å². The first-order chi connectivity index (χ1) is 13.0. The molecule has 0 bridgehead atoms. The first kappa shape index (κ1) is 18.3. The van der Waals surface area contributed by atoms with Crippen LogP contribution in [0.3, 0.4) is 0 Å². The Hall–Kier alpha value is -3.45. The Morgan fingerprint density at radius 2 is 1.70 bits per heavy atom. The SMILES string of the molecule is Cc1cccc(NC(=O)c2cccc(NC(=O)c3cccs3)c2)c1C(N)=O. The number of aryl methyl sites for hydroxylation is 1. The molecule has 0 radical (unpaired) electrons. The van der Waals surface area contributed by atoms with Crippen LogP contribution in [-0.2, 0) is 0 Å². The van der Waals surface area contributed by atoms with Gasteiger partial charge in [0.1, 0.15) is 0 Å². The summed E-state index contributed by atoms with van der Waals surface area (Å²) in [5.74, 6) is -1.26. The van der Waals surface area contributed by atoms with Crippen LogP contribution < -0.4 is 16.4 Å². The molecule has 27 heavy (non-hydrogen) atoms. The summed E-state index contributed by atoms with van der Waals surface area (Å²) in [4.78, 5) is 37.0. The van der Waals surface area contributed by atoms with Gasteiger partial charge in [-0.15, -0.1) is 11.3 Å². The number of primary amides is 1. The van der Waals surface area contributed by atoms with Crippen molar-refractivity contribution in [3.8, 4) is 0 Å². The van der Waals surface area contributed by atoms with Gasteiger partial charge in [-0.2, -0.15) is 0 Å². The van der Waals surface area contributed by atoms with Crippen LogP contribution in [0.4, 0.5) is 11.4 Å². The van der Waals surface area contributed by atoms with Gasteiger partial charge in [0.2, 0.25) is 0 Å². The average Bonchev–Trinajstić information content (AvgIpc) is 3.16. The fraction of sp³-hybridized carbons (Fsp3) is 0.0500. The van der Waals surface area contributed by atoms with Gasteiger partial charge in [-0.25, -0.2) is 0 Å². The van der Waals surface area contributed by atoms with E-state index in [9.17, 15) is 14.4 Å². The summed E-state index contributed by atoms with van der Waals surface area (Å²) in [7, 11) is 0. The van der Waals surface area contributed by atoms with E-state index in [2.05, 4.69) is 10.6 Å². The summed E-state index contributed by atoms with van der Waals surface area (Å²) in [6.45, 7) is 1.75. The molecule has 4 N–H and O–H groups in total. The van der Waals surface area contributed by atoms with Crippen LogP contribution in [0, 0.1) is 6.92 Å². The molecule has 2 aromatic carbocycles. The second-order valence-electron chi connectivity index (χ2n) is 5.83. The molecule has 3 aromatic rings. The third-order valence-electron chi connectivity index (χ3n) is 3.89. The lowest BCUT2D eigenvalue weighted by Crippen LogP contribution is -2.19. The summed E-state index contributed by atoms with van der Waals surface area (Å²) in [6.07, 6.45) is 0. The lowest BCUT2D eigenvalue weighted by Gasteiger charge is -2.12. The topological polar surface area (TPSA) is 101 Å². The Bertz CT molecular complexity index is 1010.